The summed E-state index contributed by atoms with van der Waals surface area (Å²) < 4.78 is 4.77. The van der Waals surface area contributed by atoms with Crippen LogP contribution in [0.25, 0.3) is 0 Å². The van der Waals surface area contributed by atoms with Gasteiger partial charge in [-0.2, -0.15) is 0 Å². The number of hydrogen-bond donors (Lipinski definition) is 0. The first-order chi connectivity index (χ1) is 8.72. The monoisotopic (exact) mass is 247 g/mol. The third-order valence-electron chi connectivity index (χ3n) is 3.62. The van der Waals surface area contributed by atoms with Crippen LogP contribution < -0.4 is 4.90 Å². The molecule has 0 amide bonds. The normalized spacial score (nSPS) is 16.7. The molecule has 98 valence electrons. The maximum absolute atomic E-state index is 11.4. The molecular formula is C15H21NO2. The largest absolute Gasteiger partial charge is 0.469 e. The highest BCUT2D eigenvalue weighted by atomic mass is 16.5. The van der Waals surface area contributed by atoms with Crippen molar-refractivity contribution >= 4 is 11.7 Å². The SMILES string of the molecule is COC(=O)CC(C)N1CCCCc2ccccc21. The van der Waals surface area contributed by atoms with Crippen molar-refractivity contribution in [1.29, 1.82) is 0 Å². The number of para-hydroxylation sites is 1. The van der Waals surface area contributed by atoms with Crippen molar-refractivity contribution in [3.8, 4) is 0 Å². The van der Waals surface area contributed by atoms with E-state index in [2.05, 4.69) is 36.1 Å². The van der Waals surface area contributed by atoms with Crippen molar-refractivity contribution in [1.82, 2.24) is 0 Å². The predicted molar refractivity (Wildman–Crippen MR) is 72.8 cm³/mol. The molecule has 0 saturated carbocycles. The summed E-state index contributed by atoms with van der Waals surface area (Å²) in [6.45, 7) is 3.12. The first-order valence-electron chi connectivity index (χ1n) is 6.63. The summed E-state index contributed by atoms with van der Waals surface area (Å²) in [5.41, 5.74) is 2.68. The van der Waals surface area contributed by atoms with E-state index in [1.807, 2.05) is 0 Å². The van der Waals surface area contributed by atoms with Gasteiger partial charge in [0.1, 0.15) is 0 Å². The summed E-state index contributed by atoms with van der Waals surface area (Å²) in [4.78, 5) is 13.8. The van der Waals surface area contributed by atoms with E-state index in [0.717, 1.165) is 13.0 Å². The second kappa shape index (κ2) is 5.89. The van der Waals surface area contributed by atoms with Crippen LogP contribution in [0.15, 0.2) is 24.3 Å². The highest BCUT2D eigenvalue weighted by Gasteiger charge is 2.21. The highest BCUT2D eigenvalue weighted by Crippen LogP contribution is 2.28. The van der Waals surface area contributed by atoms with Gasteiger partial charge in [0.2, 0.25) is 0 Å². The molecule has 1 aliphatic heterocycles. The summed E-state index contributed by atoms with van der Waals surface area (Å²) in [7, 11) is 1.45. The predicted octanol–water partition coefficient (Wildman–Crippen LogP) is 2.78. The zero-order valence-electron chi connectivity index (χ0n) is 11.2. The molecule has 1 atom stereocenters. The number of anilines is 1. The van der Waals surface area contributed by atoms with Crippen molar-refractivity contribution in [3.63, 3.8) is 0 Å². The van der Waals surface area contributed by atoms with Crippen molar-refractivity contribution in [2.45, 2.75) is 38.6 Å². The molecule has 0 aliphatic carbocycles. The Hall–Kier alpha value is -1.51. The third kappa shape index (κ3) is 2.84. The van der Waals surface area contributed by atoms with Gasteiger partial charge in [-0.1, -0.05) is 18.2 Å². The second-order valence-electron chi connectivity index (χ2n) is 4.91. The van der Waals surface area contributed by atoms with Crippen LogP contribution in [0.4, 0.5) is 5.69 Å². The van der Waals surface area contributed by atoms with Crippen molar-refractivity contribution in [2.24, 2.45) is 0 Å². The molecule has 0 N–H and O–H groups in total. The molecule has 0 fully saturated rings. The number of aryl methyl sites for hydroxylation is 1. The molecule has 2 rings (SSSR count). The Balaban J connectivity index is 2.19. The second-order valence-corrected chi connectivity index (χ2v) is 4.91. The number of benzene rings is 1. The summed E-state index contributed by atoms with van der Waals surface area (Å²) >= 11 is 0. The quantitative estimate of drug-likeness (QED) is 0.769. The van der Waals surface area contributed by atoms with Crippen LogP contribution in [-0.2, 0) is 16.0 Å². The minimum atomic E-state index is -0.135. The number of fused-ring (bicyclic) bond motifs is 1. The maximum atomic E-state index is 11.4. The zero-order chi connectivity index (χ0) is 13.0. The van der Waals surface area contributed by atoms with Crippen LogP contribution in [0.3, 0.4) is 0 Å². The summed E-state index contributed by atoms with van der Waals surface area (Å²) in [5, 5.41) is 0. The molecule has 0 aromatic heterocycles. The number of carbonyl (C=O) groups is 1. The molecule has 1 aliphatic rings. The van der Waals surface area contributed by atoms with Crippen LogP contribution in [0.1, 0.15) is 31.7 Å². The molecule has 3 heteroatoms. The molecule has 0 spiro atoms. The lowest BCUT2D eigenvalue weighted by atomic mass is 10.1. The lowest BCUT2D eigenvalue weighted by Crippen LogP contribution is -2.35. The summed E-state index contributed by atoms with van der Waals surface area (Å²) in [6.07, 6.45) is 3.99. The fourth-order valence-corrected chi connectivity index (χ4v) is 2.61. The van der Waals surface area contributed by atoms with Crippen LogP contribution in [0.5, 0.6) is 0 Å². The Labute approximate surface area is 109 Å². The van der Waals surface area contributed by atoms with Gasteiger partial charge in [0, 0.05) is 18.3 Å². The zero-order valence-corrected chi connectivity index (χ0v) is 11.2. The average Bonchev–Trinajstić information content (AvgIpc) is 2.60. The average molecular weight is 247 g/mol. The van der Waals surface area contributed by atoms with Crippen LogP contribution in [0, 0.1) is 0 Å². The van der Waals surface area contributed by atoms with Gasteiger partial charge in [-0.05, 0) is 37.8 Å². The van der Waals surface area contributed by atoms with E-state index in [1.54, 1.807) is 0 Å². The molecule has 1 aromatic carbocycles. The van der Waals surface area contributed by atoms with Crippen molar-refractivity contribution < 1.29 is 9.53 Å². The summed E-state index contributed by atoms with van der Waals surface area (Å²) in [5.74, 6) is -0.135. The molecule has 0 saturated heterocycles. The minimum absolute atomic E-state index is 0.135. The van der Waals surface area contributed by atoms with Crippen LogP contribution >= 0.6 is 0 Å². The number of carbonyl (C=O) groups excluding carboxylic acids is 1. The van der Waals surface area contributed by atoms with E-state index in [-0.39, 0.29) is 12.0 Å². The van der Waals surface area contributed by atoms with Crippen LogP contribution in [-0.4, -0.2) is 25.7 Å². The van der Waals surface area contributed by atoms with Gasteiger partial charge in [0.25, 0.3) is 0 Å². The standard InChI is InChI=1S/C15H21NO2/c1-12(11-15(17)18-2)16-10-6-5-8-13-7-3-4-9-14(13)16/h3-4,7,9,12H,5-6,8,10-11H2,1-2H3. The van der Waals surface area contributed by atoms with E-state index in [1.165, 1.54) is 31.2 Å². The Kier molecular flexibility index (Phi) is 4.24. The number of nitrogens with zero attached hydrogens (tertiary/aromatic N) is 1. The van der Waals surface area contributed by atoms with Gasteiger partial charge in [-0.15, -0.1) is 0 Å². The molecule has 1 unspecified atom stereocenters. The third-order valence-corrected chi connectivity index (χ3v) is 3.62. The van der Waals surface area contributed by atoms with Gasteiger partial charge >= 0.3 is 5.97 Å². The molecule has 1 aromatic rings. The smallest absolute Gasteiger partial charge is 0.307 e. The minimum Gasteiger partial charge on any atom is -0.469 e. The van der Waals surface area contributed by atoms with Gasteiger partial charge < -0.3 is 9.64 Å². The fraction of sp³-hybridized carbons (Fsp3) is 0.533. The Morgan fingerprint density at radius 1 is 1.39 bits per heavy atom. The van der Waals surface area contributed by atoms with E-state index in [9.17, 15) is 4.79 Å². The molecular weight excluding hydrogens is 226 g/mol. The number of esters is 1. The van der Waals surface area contributed by atoms with E-state index < -0.39 is 0 Å². The number of methoxy groups -OCH3 is 1. The van der Waals surface area contributed by atoms with E-state index >= 15 is 0 Å². The molecule has 0 bridgehead atoms. The molecule has 18 heavy (non-hydrogen) atoms. The number of ether oxygens (including phenoxy) is 1. The number of hydrogen-bond acceptors (Lipinski definition) is 3. The van der Waals surface area contributed by atoms with Crippen molar-refractivity contribution in [2.75, 3.05) is 18.6 Å². The van der Waals surface area contributed by atoms with Gasteiger partial charge in [-0.25, -0.2) is 0 Å². The highest BCUT2D eigenvalue weighted by molar-refractivity contribution is 5.71. The molecule has 1 heterocycles. The molecule has 3 nitrogen and oxygen atoms in total. The first kappa shape index (κ1) is 12.9. The van der Waals surface area contributed by atoms with Crippen molar-refractivity contribution in [3.05, 3.63) is 29.8 Å². The van der Waals surface area contributed by atoms with E-state index in [0.29, 0.717) is 6.42 Å². The topological polar surface area (TPSA) is 29.5 Å². The lowest BCUT2D eigenvalue weighted by Gasteiger charge is -2.31. The Morgan fingerprint density at radius 3 is 2.94 bits per heavy atom. The fourth-order valence-electron chi connectivity index (χ4n) is 2.61. The maximum Gasteiger partial charge on any atom is 0.307 e. The van der Waals surface area contributed by atoms with Gasteiger partial charge in [0.05, 0.1) is 13.5 Å². The lowest BCUT2D eigenvalue weighted by molar-refractivity contribution is -0.140. The number of rotatable bonds is 3. The summed E-state index contributed by atoms with van der Waals surface area (Å²) in [6, 6.07) is 8.71. The van der Waals surface area contributed by atoms with Gasteiger partial charge in [-0.3, -0.25) is 4.79 Å². The Bertz CT molecular complexity index is 417. The van der Waals surface area contributed by atoms with E-state index in [4.69, 9.17) is 4.74 Å². The van der Waals surface area contributed by atoms with Crippen LogP contribution in [0.2, 0.25) is 0 Å². The van der Waals surface area contributed by atoms with Gasteiger partial charge in [0.15, 0.2) is 0 Å². The Morgan fingerprint density at radius 2 is 2.17 bits per heavy atom. The first-order valence-corrected chi connectivity index (χ1v) is 6.63. The molecule has 0 radical (unpaired) electrons.